The summed E-state index contributed by atoms with van der Waals surface area (Å²) in [5.74, 6) is -0.944. The zero-order valence-corrected chi connectivity index (χ0v) is 13.1. The first-order valence-corrected chi connectivity index (χ1v) is 7.25. The molecule has 0 unspecified atom stereocenters. The molecule has 110 valence electrons. The zero-order valence-electron chi connectivity index (χ0n) is 11.5. The molecule has 21 heavy (non-hydrogen) atoms. The van der Waals surface area contributed by atoms with Gasteiger partial charge in [0.25, 0.3) is 0 Å². The van der Waals surface area contributed by atoms with Crippen LogP contribution in [0, 0.1) is 0 Å². The predicted octanol–water partition coefficient (Wildman–Crippen LogP) is 3.18. The van der Waals surface area contributed by atoms with Gasteiger partial charge in [0.05, 0.1) is 11.3 Å². The van der Waals surface area contributed by atoms with Gasteiger partial charge in [-0.15, -0.1) is 0 Å². The lowest BCUT2D eigenvalue weighted by atomic mass is 10.1. The highest BCUT2D eigenvalue weighted by Crippen LogP contribution is 2.25. The Balaban J connectivity index is 2.25. The number of methoxy groups -OCH3 is 1. The summed E-state index contributed by atoms with van der Waals surface area (Å²) in [6.45, 7) is 0.681. The van der Waals surface area contributed by atoms with Gasteiger partial charge in [0.1, 0.15) is 10.3 Å². The van der Waals surface area contributed by atoms with Crippen LogP contribution in [-0.4, -0.2) is 34.8 Å². The van der Waals surface area contributed by atoms with Crippen molar-refractivity contribution in [2.75, 3.05) is 13.7 Å². The van der Waals surface area contributed by atoms with Crippen molar-refractivity contribution in [1.82, 2.24) is 9.97 Å². The van der Waals surface area contributed by atoms with Gasteiger partial charge >= 0.3 is 5.97 Å². The van der Waals surface area contributed by atoms with Crippen LogP contribution in [0.15, 0.2) is 35.1 Å². The molecule has 0 radical (unpaired) electrons. The Morgan fingerprint density at radius 3 is 2.67 bits per heavy atom. The van der Waals surface area contributed by atoms with E-state index in [0.29, 0.717) is 16.9 Å². The number of halogens is 1. The summed E-state index contributed by atoms with van der Waals surface area (Å²) < 4.78 is 5.66. The third kappa shape index (κ3) is 4.09. The molecule has 0 aliphatic heterocycles. The van der Waals surface area contributed by atoms with E-state index in [9.17, 15) is 4.79 Å². The second-order valence-electron chi connectivity index (χ2n) is 4.48. The molecular weight excluding hydrogens is 336 g/mol. The maximum absolute atomic E-state index is 10.9. The largest absolute Gasteiger partial charge is 0.478 e. The van der Waals surface area contributed by atoms with E-state index < -0.39 is 5.97 Å². The van der Waals surface area contributed by atoms with Gasteiger partial charge in [-0.25, -0.2) is 14.8 Å². The van der Waals surface area contributed by atoms with E-state index in [-0.39, 0.29) is 5.56 Å². The van der Waals surface area contributed by atoms with Crippen molar-refractivity contribution in [1.29, 1.82) is 0 Å². The van der Waals surface area contributed by atoms with Crippen LogP contribution < -0.4 is 0 Å². The summed E-state index contributed by atoms with van der Waals surface area (Å²) in [7, 11) is 1.67. The van der Waals surface area contributed by atoms with E-state index in [1.165, 1.54) is 0 Å². The lowest BCUT2D eigenvalue weighted by Gasteiger charge is -2.07. The molecule has 0 aliphatic rings. The van der Waals surface area contributed by atoms with Gasteiger partial charge in [-0.3, -0.25) is 0 Å². The average molecular weight is 351 g/mol. The minimum absolute atomic E-state index is 0.249. The number of hydrogen-bond donors (Lipinski definition) is 1. The van der Waals surface area contributed by atoms with Crippen LogP contribution in [0.5, 0.6) is 0 Å². The molecule has 0 atom stereocenters. The fourth-order valence-corrected chi connectivity index (χ4v) is 2.30. The molecule has 0 saturated carbocycles. The topological polar surface area (TPSA) is 72.3 Å². The summed E-state index contributed by atoms with van der Waals surface area (Å²) in [4.78, 5) is 19.7. The van der Waals surface area contributed by atoms with Crippen molar-refractivity contribution < 1.29 is 14.6 Å². The molecule has 1 heterocycles. The molecule has 0 aliphatic carbocycles. The Morgan fingerprint density at radius 2 is 2.05 bits per heavy atom. The molecule has 0 amide bonds. The SMILES string of the molecule is COCCCc1cnc(Br)c(-c2ccc(C(=O)O)cc2)n1. The molecule has 1 N–H and O–H groups in total. The Bertz CT molecular complexity index is 629. The Hall–Kier alpha value is -1.79. The van der Waals surface area contributed by atoms with Gasteiger partial charge in [-0.05, 0) is 40.9 Å². The first-order chi connectivity index (χ1) is 10.1. The maximum Gasteiger partial charge on any atom is 0.335 e. The number of hydrogen-bond acceptors (Lipinski definition) is 4. The Labute approximate surface area is 131 Å². The monoisotopic (exact) mass is 350 g/mol. The summed E-state index contributed by atoms with van der Waals surface area (Å²) in [6.07, 6.45) is 3.40. The normalized spacial score (nSPS) is 10.6. The molecule has 0 fully saturated rings. The van der Waals surface area contributed by atoms with E-state index in [4.69, 9.17) is 9.84 Å². The van der Waals surface area contributed by atoms with Gasteiger partial charge in [0.15, 0.2) is 0 Å². The zero-order chi connectivity index (χ0) is 15.2. The molecule has 2 rings (SSSR count). The van der Waals surface area contributed by atoms with Crippen molar-refractivity contribution in [2.45, 2.75) is 12.8 Å². The number of carboxylic acids is 1. The molecule has 1 aromatic carbocycles. The highest BCUT2D eigenvalue weighted by Gasteiger charge is 2.09. The highest BCUT2D eigenvalue weighted by molar-refractivity contribution is 9.10. The Kier molecular flexibility index (Phi) is 5.41. The molecular formula is C15H15BrN2O3. The summed E-state index contributed by atoms with van der Waals surface area (Å²) in [5, 5.41) is 8.92. The number of ether oxygens (including phenoxy) is 1. The number of aryl methyl sites for hydroxylation is 1. The molecule has 0 saturated heterocycles. The summed E-state index contributed by atoms with van der Waals surface area (Å²) >= 11 is 3.38. The average Bonchev–Trinajstić information content (AvgIpc) is 2.49. The molecule has 6 heteroatoms. The number of aromatic carboxylic acids is 1. The number of aromatic nitrogens is 2. The standard InChI is InChI=1S/C15H15BrN2O3/c1-21-8-2-3-12-9-17-14(16)13(18-12)10-4-6-11(7-5-10)15(19)20/h4-7,9H,2-3,8H2,1H3,(H,19,20). The van der Waals surface area contributed by atoms with Crippen molar-refractivity contribution in [3.63, 3.8) is 0 Å². The van der Waals surface area contributed by atoms with Gasteiger partial charge < -0.3 is 9.84 Å². The predicted molar refractivity (Wildman–Crippen MR) is 82.3 cm³/mol. The number of rotatable bonds is 6. The van der Waals surface area contributed by atoms with Crippen LogP contribution in [0.3, 0.4) is 0 Å². The van der Waals surface area contributed by atoms with Gasteiger partial charge in [0, 0.05) is 25.5 Å². The van der Waals surface area contributed by atoms with Crippen LogP contribution in [0.25, 0.3) is 11.3 Å². The summed E-state index contributed by atoms with van der Waals surface area (Å²) in [5.41, 5.74) is 2.67. The lowest BCUT2D eigenvalue weighted by molar-refractivity contribution is 0.0697. The third-order valence-electron chi connectivity index (χ3n) is 2.96. The maximum atomic E-state index is 10.9. The van der Waals surface area contributed by atoms with E-state index >= 15 is 0 Å². The van der Waals surface area contributed by atoms with Crippen molar-refractivity contribution in [3.05, 3.63) is 46.3 Å². The van der Waals surface area contributed by atoms with Gasteiger partial charge in [-0.2, -0.15) is 0 Å². The highest BCUT2D eigenvalue weighted by atomic mass is 79.9. The van der Waals surface area contributed by atoms with E-state index in [1.807, 2.05) is 0 Å². The number of benzene rings is 1. The van der Waals surface area contributed by atoms with E-state index in [0.717, 1.165) is 24.1 Å². The first-order valence-electron chi connectivity index (χ1n) is 6.46. The van der Waals surface area contributed by atoms with Gasteiger partial charge in [-0.1, -0.05) is 12.1 Å². The second-order valence-corrected chi connectivity index (χ2v) is 5.23. The minimum atomic E-state index is -0.944. The first kappa shape index (κ1) is 15.6. The summed E-state index contributed by atoms with van der Waals surface area (Å²) in [6, 6.07) is 6.58. The quantitative estimate of drug-likeness (QED) is 0.810. The fourth-order valence-electron chi connectivity index (χ4n) is 1.88. The molecule has 2 aromatic rings. The van der Waals surface area contributed by atoms with Crippen molar-refractivity contribution in [3.8, 4) is 11.3 Å². The van der Waals surface area contributed by atoms with Crippen LogP contribution in [0.4, 0.5) is 0 Å². The number of carboxylic acid groups (broad SMARTS) is 1. The number of carbonyl (C=O) groups is 1. The van der Waals surface area contributed by atoms with Crippen LogP contribution in [-0.2, 0) is 11.2 Å². The Morgan fingerprint density at radius 1 is 1.33 bits per heavy atom. The third-order valence-corrected chi connectivity index (χ3v) is 3.54. The van der Waals surface area contributed by atoms with Crippen LogP contribution in [0.2, 0.25) is 0 Å². The molecule has 5 nitrogen and oxygen atoms in total. The molecule has 1 aromatic heterocycles. The van der Waals surface area contributed by atoms with Crippen molar-refractivity contribution >= 4 is 21.9 Å². The fraction of sp³-hybridized carbons (Fsp3) is 0.267. The van der Waals surface area contributed by atoms with Crippen LogP contribution in [0.1, 0.15) is 22.5 Å². The van der Waals surface area contributed by atoms with Crippen molar-refractivity contribution in [2.24, 2.45) is 0 Å². The second kappa shape index (κ2) is 7.28. The minimum Gasteiger partial charge on any atom is -0.478 e. The molecule has 0 spiro atoms. The lowest BCUT2D eigenvalue weighted by Crippen LogP contribution is -2.00. The van der Waals surface area contributed by atoms with E-state index in [2.05, 4.69) is 25.9 Å². The van der Waals surface area contributed by atoms with E-state index in [1.54, 1.807) is 37.6 Å². The van der Waals surface area contributed by atoms with Crippen LogP contribution >= 0.6 is 15.9 Å². The van der Waals surface area contributed by atoms with Gasteiger partial charge in [0.2, 0.25) is 0 Å². The smallest absolute Gasteiger partial charge is 0.335 e. The number of nitrogens with zero attached hydrogens (tertiary/aromatic N) is 2. The molecule has 0 bridgehead atoms.